The number of allylic oxidation sites excluding steroid dienone is 2. The fourth-order valence-electron chi connectivity index (χ4n) is 9.86. The first-order chi connectivity index (χ1) is 28.9. The van der Waals surface area contributed by atoms with Crippen LogP contribution in [0.2, 0.25) is 13.1 Å². The zero-order valence-corrected chi connectivity index (χ0v) is 42.1. The van der Waals surface area contributed by atoms with Crippen molar-refractivity contribution in [3.05, 3.63) is 177 Å². The molecule has 0 radical (unpaired) electrons. The number of rotatable bonds is 13. The Labute approximate surface area is 376 Å². The maximum atomic E-state index is 8.73. The van der Waals surface area contributed by atoms with E-state index in [4.69, 9.17) is 51.8 Å². The Morgan fingerprint density at radius 1 is 0.567 bits per heavy atom. The van der Waals surface area contributed by atoms with Crippen LogP contribution in [0.15, 0.2) is 142 Å². The van der Waals surface area contributed by atoms with Crippen LogP contribution in [-0.2, 0) is 28.4 Å². The van der Waals surface area contributed by atoms with Gasteiger partial charge in [0, 0.05) is 0 Å². The van der Waals surface area contributed by atoms with E-state index in [2.05, 4.69) is 136 Å². The average Bonchev–Trinajstić information content (AvgIpc) is 3.86. The molecule has 2 aliphatic carbocycles. The van der Waals surface area contributed by atoms with Gasteiger partial charge < -0.3 is 9.47 Å². The fraction of sp³-hybridized carbons (Fsp3) is 0.231. The number of hydrogen-bond acceptors (Lipinski definition) is 4. The van der Waals surface area contributed by atoms with E-state index in [1.807, 2.05) is 24.3 Å². The standard InChI is InChI=1S/2C25H23OS.C2H7Si.2ClH.Zr/c2*1-3-17-13-20-5-4-6-23(24(20)15-17)19-9-7-18(8-10-19)14-21-11-12-22(26-2)16-25(21)27;1-3-2;;;/h2*4-13,15-16,27H,3,14H2,1-2H3;3H,1-2H3;2*1H;/q;;;;;+2/p-2. The Hall–Kier alpha value is -3.22. The first-order valence-electron chi connectivity index (χ1n) is 21.0. The zero-order chi connectivity index (χ0) is 42.4. The van der Waals surface area contributed by atoms with E-state index >= 15 is 0 Å². The van der Waals surface area contributed by atoms with Gasteiger partial charge in [0.05, 0.1) is 14.2 Å². The number of benzene rings is 6. The summed E-state index contributed by atoms with van der Waals surface area (Å²) in [6, 6.07) is 43.8. The molecule has 2 aliphatic rings. The summed E-state index contributed by atoms with van der Waals surface area (Å²) in [5.41, 5.74) is 17.7. The first kappa shape index (κ1) is 43.4. The van der Waals surface area contributed by atoms with Crippen molar-refractivity contribution in [3.63, 3.8) is 0 Å². The number of ether oxygens (including phenoxy) is 2. The van der Waals surface area contributed by atoms with Crippen molar-refractivity contribution < 1.29 is 25.0 Å². The molecule has 0 heterocycles. The molecule has 0 spiro atoms. The summed E-state index contributed by atoms with van der Waals surface area (Å²) >= 11 is 4.57. The molecule has 0 aliphatic heterocycles. The topological polar surface area (TPSA) is 18.5 Å². The summed E-state index contributed by atoms with van der Waals surface area (Å²) in [6.07, 6.45) is 8.34. The Morgan fingerprint density at radius 2 is 0.967 bits per heavy atom. The van der Waals surface area contributed by atoms with Crippen LogP contribution in [0.3, 0.4) is 0 Å². The number of methoxy groups -OCH3 is 2. The van der Waals surface area contributed by atoms with Crippen molar-refractivity contribution >= 4 is 60.4 Å². The van der Waals surface area contributed by atoms with Gasteiger partial charge >= 0.3 is 345 Å². The van der Waals surface area contributed by atoms with Crippen LogP contribution in [0.5, 0.6) is 11.5 Å². The van der Waals surface area contributed by atoms with Gasteiger partial charge in [-0.1, -0.05) is 0 Å². The fourth-order valence-corrected chi connectivity index (χ4v) is 42.2. The van der Waals surface area contributed by atoms with Gasteiger partial charge in [-0.05, 0) is 0 Å². The average molecular weight is 964 g/mol. The van der Waals surface area contributed by atoms with E-state index < -0.39 is 21.5 Å². The van der Waals surface area contributed by atoms with E-state index in [9.17, 15) is 0 Å². The van der Waals surface area contributed by atoms with Crippen LogP contribution in [0.1, 0.15) is 78.4 Å². The van der Waals surface area contributed by atoms with Crippen LogP contribution in [0, 0.1) is 0 Å². The van der Waals surface area contributed by atoms with Gasteiger partial charge in [-0.3, -0.25) is 0 Å². The molecule has 0 bridgehead atoms. The van der Waals surface area contributed by atoms with Crippen molar-refractivity contribution in [2.75, 3.05) is 14.2 Å². The molecule has 2 atom stereocenters. The zero-order valence-electron chi connectivity index (χ0n) is 35.2. The van der Waals surface area contributed by atoms with E-state index in [0.29, 0.717) is 0 Å². The molecule has 0 fully saturated rings. The minimum atomic E-state index is -4.91. The van der Waals surface area contributed by atoms with E-state index in [1.54, 1.807) is 14.2 Å². The van der Waals surface area contributed by atoms with Gasteiger partial charge in [0.25, 0.3) is 0 Å². The molecule has 8 heteroatoms. The van der Waals surface area contributed by atoms with Gasteiger partial charge in [0.2, 0.25) is 0 Å². The van der Waals surface area contributed by atoms with Crippen molar-refractivity contribution in [3.8, 4) is 33.8 Å². The molecule has 0 saturated heterocycles. The molecule has 6 aromatic carbocycles. The van der Waals surface area contributed by atoms with Crippen LogP contribution < -0.4 is 9.47 Å². The predicted octanol–water partition coefficient (Wildman–Crippen LogP) is 15.2. The van der Waals surface area contributed by atoms with Crippen LogP contribution in [-0.4, -0.2) is 20.1 Å². The summed E-state index contributed by atoms with van der Waals surface area (Å²) in [6.45, 7) is 9.44. The van der Waals surface area contributed by atoms with E-state index in [1.165, 1.54) is 77.9 Å². The second-order valence-electron chi connectivity index (χ2n) is 16.7. The third-order valence-electron chi connectivity index (χ3n) is 13.2. The Balaban J connectivity index is 1.14. The molecule has 0 aromatic heterocycles. The van der Waals surface area contributed by atoms with Crippen LogP contribution in [0.4, 0.5) is 0 Å². The first-order valence-corrected chi connectivity index (χ1v) is 38.2. The summed E-state index contributed by atoms with van der Waals surface area (Å²) in [5, 5.41) is 0. The predicted molar refractivity (Wildman–Crippen MR) is 262 cm³/mol. The number of halogens is 2. The molecule has 2 nitrogen and oxygen atoms in total. The van der Waals surface area contributed by atoms with Crippen molar-refractivity contribution in [1.82, 2.24) is 0 Å². The van der Waals surface area contributed by atoms with Crippen LogP contribution >= 0.6 is 42.3 Å². The second-order valence-corrected chi connectivity index (χ2v) is 60.2. The summed E-state index contributed by atoms with van der Waals surface area (Å²) in [5.74, 6) is -0.0568. The van der Waals surface area contributed by atoms with Gasteiger partial charge in [-0.2, -0.15) is 0 Å². The molecule has 307 valence electrons. The molecule has 2 unspecified atom stereocenters. The molecular formula is C52H53Cl2O2S2SiZr. The van der Waals surface area contributed by atoms with Gasteiger partial charge in [-0.25, -0.2) is 0 Å². The monoisotopic (exact) mass is 961 g/mol. The molecule has 6 aromatic rings. The van der Waals surface area contributed by atoms with Gasteiger partial charge in [0.1, 0.15) is 11.5 Å². The van der Waals surface area contributed by atoms with E-state index in [0.717, 1.165) is 47.0 Å². The summed E-state index contributed by atoms with van der Waals surface area (Å²) in [7, 11) is 20.8. The second kappa shape index (κ2) is 17.5. The number of fused-ring (bicyclic) bond motifs is 2. The normalized spacial score (nSPS) is 16.5. The van der Waals surface area contributed by atoms with Crippen molar-refractivity contribution in [2.24, 2.45) is 0 Å². The SMILES string of the molecule is CCC1=Cc2c(-c3ccc(Cc4ccc(OC)cc4S)cc3)cccc2[CH]1[Zr]([Cl])([Cl])([CH]1C(CC)=Cc2c(-c3ccc(Cc4ccc(OC)cc4S)cc3)cccc21)[SiH](C)C. The van der Waals surface area contributed by atoms with Gasteiger partial charge in [-0.15, -0.1) is 0 Å². The third kappa shape index (κ3) is 7.77. The quantitative estimate of drug-likeness (QED) is 0.0888. The Morgan fingerprint density at radius 3 is 1.30 bits per heavy atom. The number of thiol groups is 2. The number of hydrogen-bond donors (Lipinski definition) is 2. The van der Waals surface area contributed by atoms with Crippen molar-refractivity contribution in [2.45, 2.75) is 69.7 Å². The molecule has 60 heavy (non-hydrogen) atoms. The van der Waals surface area contributed by atoms with Gasteiger partial charge in [0.15, 0.2) is 0 Å². The Bertz CT molecular complexity index is 2480. The molecule has 0 saturated carbocycles. The van der Waals surface area contributed by atoms with E-state index in [-0.39, 0.29) is 7.25 Å². The molecule has 0 amide bonds. The molecule has 0 N–H and O–H groups in total. The maximum absolute atomic E-state index is 8.73. The third-order valence-corrected chi connectivity index (χ3v) is 65.9. The minimum absolute atomic E-state index is 0.0491. The molecular weight excluding hydrogens is 911 g/mol. The summed E-state index contributed by atoms with van der Waals surface area (Å²) in [4.78, 5) is 1.87. The van der Waals surface area contributed by atoms with Crippen molar-refractivity contribution in [1.29, 1.82) is 0 Å². The Kier molecular flexibility index (Phi) is 12.7. The molecule has 8 rings (SSSR count). The van der Waals surface area contributed by atoms with Crippen LogP contribution in [0.25, 0.3) is 34.4 Å². The summed E-state index contributed by atoms with van der Waals surface area (Å²) < 4.78 is 10.9.